The topological polar surface area (TPSA) is 121 Å². The van der Waals surface area contributed by atoms with Crippen LogP contribution in [0.2, 0.25) is 0 Å². The number of rotatable bonds is 3. The fraction of sp³-hybridized carbons (Fsp3) is 0.125. The number of aliphatic hydroxyl groups is 1. The molecule has 1 aromatic rings. The minimum absolute atomic E-state index is 0.166. The van der Waals surface area contributed by atoms with Gasteiger partial charge in [-0.3, -0.25) is 10.1 Å². The minimum atomic E-state index is -4.30. The van der Waals surface area contributed by atoms with E-state index in [1.54, 1.807) is 6.07 Å². The Hall–Kier alpha value is -1.69. The molecule has 0 saturated carbocycles. The van der Waals surface area contributed by atoms with Crippen LogP contribution in [0, 0.1) is 21.4 Å². The van der Waals surface area contributed by atoms with Gasteiger partial charge in [0, 0.05) is 28.4 Å². The predicted molar refractivity (Wildman–Crippen MR) is 56.8 cm³/mol. The Morgan fingerprint density at radius 3 is 2.47 bits per heavy atom. The normalized spacial score (nSPS) is 10.9. The van der Waals surface area contributed by atoms with Crippen LogP contribution >= 0.6 is 10.7 Å². The first kappa shape index (κ1) is 13.4. The summed E-state index contributed by atoms with van der Waals surface area (Å²) in [6.07, 6.45) is 0. The molecule has 0 unspecified atom stereocenters. The number of halogens is 1. The van der Waals surface area contributed by atoms with Crippen molar-refractivity contribution in [2.24, 2.45) is 0 Å². The van der Waals surface area contributed by atoms with Crippen LogP contribution in [-0.4, -0.2) is 18.4 Å². The van der Waals surface area contributed by atoms with Gasteiger partial charge in [-0.1, -0.05) is 0 Å². The average Bonchev–Trinajstić information content (AvgIpc) is 2.25. The number of nitro benzene ring substituents is 1. The van der Waals surface area contributed by atoms with Gasteiger partial charge in [-0.15, -0.1) is 0 Å². The lowest BCUT2D eigenvalue weighted by Crippen LogP contribution is -2.02. The van der Waals surface area contributed by atoms with E-state index in [4.69, 9.17) is 21.1 Å². The van der Waals surface area contributed by atoms with Gasteiger partial charge >= 0.3 is 0 Å². The van der Waals surface area contributed by atoms with Gasteiger partial charge in [-0.2, -0.15) is 5.26 Å². The lowest BCUT2D eigenvalue weighted by Gasteiger charge is -2.04. The van der Waals surface area contributed by atoms with Crippen molar-refractivity contribution in [1.82, 2.24) is 0 Å². The Morgan fingerprint density at radius 2 is 2.12 bits per heavy atom. The molecule has 9 heteroatoms. The molecular weight excluding hydrogens is 272 g/mol. The molecule has 17 heavy (non-hydrogen) atoms. The van der Waals surface area contributed by atoms with E-state index in [9.17, 15) is 18.5 Å². The monoisotopic (exact) mass is 276 g/mol. The number of non-ortho nitro benzene ring substituents is 1. The summed E-state index contributed by atoms with van der Waals surface area (Å²) in [7, 11) is 0.765. The Balaban J connectivity index is 3.74. The molecule has 1 aromatic carbocycles. The fourth-order valence-corrected chi connectivity index (χ4v) is 2.25. The summed E-state index contributed by atoms with van der Waals surface area (Å²) in [4.78, 5) is 9.03. The molecule has 0 amide bonds. The van der Waals surface area contributed by atoms with Gasteiger partial charge in [0.1, 0.15) is 11.0 Å². The maximum atomic E-state index is 11.2. The van der Waals surface area contributed by atoms with Crippen LogP contribution in [0.15, 0.2) is 17.0 Å². The number of nitriles is 1. The fourth-order valence-electron chi connectivity index (χ4n) is 1.21. The van der Waals surface area contributed by atoms with Crippen molar-refractivity contribution in [3.63, 3.8) is 0 Å². The lowest BCUT2D eigenvalue weighted by atomic mass is 10.1. The molecule has 0 bridgehead atoms. The third-order valence-electron chi connectivity index (χ3n) is 1.92. The maximum absolute atomic E-state index is 11.2. The van der Waals surface area contributed by atoms with Gasteiger partial charge in [-0.05, 0) is 0 Å². The number of hydrogen-bond donors (Lipinski definition) is 1. The van der Waals surface area contributed by atoms with Gasteiger partial charge in [0.15, 0.2) is 0 Å². The van der Waals surface area contributed by atoms with E-state index in [1.807, 2.05) is 0 Å². The number of benzene rings is 1. The highest BCUT2D eigenvalue weighted by atomic mass is 35.7. The molecule has 0 saturated heterocycles. The summed E-state index contributed by atoms with van der Waals surface area (Å²) in [6, 6.07) is 3.14. The summed E-state index contributed by atoms with van der Waals surface area (Å²) in [5, 5.41) is 28.3. The van der Waals surface area contributed by atoms with E-state index >= 15 is 0 Å². The SMILES string of the molecule is N#Cc1c(CO)cc([N+](=O)[O-])cc1S(=O)(=O)Cl. The zero-order valence-electron chi connectivity index (χ0n) is 8.12. The third-order valence-corrected chi connectivity index (χ3v) is 3.27. The average molecular weight is 277 g/mol. The summed E-state index contributed by atoms with van der Waals surface area (Å²) in [6.45, 7) is -0.704. The second kappa shape index (κ2) is 4.67. The Labute approximate surface area is 100 Å². The summed E-state index contributed by atoms with van der Waals surface area (Å²) in [5.74, 6) is 0. The molecule has 1 N–H and O–H groups in total. The molecule has 0 aliphatic carbocycles. The van der Waals surface area contributed by atoms with Crippen molar-refractivity contribution >= 4 is 25.4 Å². The smallest absolute Gasteiger partial charge is 0.271 e. The Kier molecular flexibility index (Phi) is 3.67. The quantitative estimate of drug-likeness (QED) is 0.497. The van der Waals surface area contributed by atoms with E-state index in [0.29, 0.717) is 6.07 Å². The van der Waals surface area contributed by atoms with E-state index in [0.717, 1.165) is 6.07 Å². The first-order valence-electron chi connectivity index (χ1n) is 4.08. The van der Waals surface area contributed by atoms with E-state index in [1.165, 1.54) is 0 Å². The molecule has 7 nitrogen and oxygen atoms in total. The third kappa shape index (κ3) is 2.71. The van der Waals surface area contributed by atoms with Crippen molar-refractivity contribution in [3.8, 4) is 6.07 Å². The second-order valence-corrected chi connectivity index (χ2v) is 5.48. The molecular formula is C8H5ClN2O5S. The minimum Gasteiger partial charge on any atom is -0.392 e. The van der Waals surface area contributed by atoms with Crippen LogP contribution < -0.4 is 0 Å². The van der Waals surface area contributed by atoms with Gasteiger partial charge in [0.05, 0.1) is 17.1 Å². The largest absolute Gasteiger partial charge is 0.392 e. The molecule has 0 heterocycles. The molecule has 0 aliphatic heterocycles. The standard InChI is InChI=1S/C8H5ClN2O5S/c9-17(15,16)8-2-6(11(13)14)1-5(4-12)7(8)3-10/h1-2,12H,4H2. The van der Waals surface area contributed by atoms with Crippen LogP contribution in [0.25, 0.3) is 0 Å². The number of hydrogen-bond acceptors (Lipinski definition) is 6. The molecule has 0 aliphatic rings. The molecule has 0 fully saturated rings. The van der Waals surface area contributed by atoms with Crippen LogP contribution in [0.3, 0.4) is 0 Å². The zero-order valence-corrected chi connectivity index (χ0v) is 9.70. The van der Waals surface area contributed by atoms with Crippen molar-refractivity contribution in [2.75, 3.05) is 0 Å². The predicted octanol–water partition coefficient (Wildman–Crippen LogP) is 0.886. The number of nitro groups is 1. The van der Waals surface area contributed by atoms with Gasteiger partial charge < -0.3 is 5.11 Å². The molecule has 0 atom stereocenters. The molecule has 0 spiro atoms. The van der Waals surface area contributed by atoms with Crippen molar-refractivity contribution in [2.45, 2.75) is 11.5 Å². The van der Waals surface area contributed by atoms with Gasteiger partial charge in [0.2, 0.25) is 0 Å². The highest BCUT2D eigenvalue weighted by Gasteiger charge is 2.23. The highest BCUT2D eigenvalue weighted by molar-refractivity contribution is 8.13. The summed E-state index contributed by atoms with van der Waals surface area (Å²) < 4.78 is 22.3. The Morgan fingerprint density at radius 1 is 1.53 bits per heavy atom. The van der Waals surface area contributed by atoms with Crippen LogP contribution in [-0.2, 0) is 15.7 Å². The van der Waals surface area contributed by atoms with Crippen LogP contribution in [0.5, 0.6) is 0 Å². The van der Waals surface area contributed by atoms with Crippen molar-refractivity contribution in [3.05, 3.63) is 33.4 Å². The van der Waals surface area contributed by atoms with Gasteiger partial charge in [0.25, 0.3) is 14.7 Å². The van der Waals surface area contributed by atoms with Crippen LogP contribution in [0.4, 0.5) is 5.69 Å². The first-order valence-corrected chi connectivity index (χ1v) is 6.39. The van der Waals surface area contributed by atoms with E-state index in [2.05, 4.69) is 0 Å². The van der Waals surface area contributed by atoms with Crippen molar-refractivity contribution < 1.29 is 18.4 Å². The van der Waals surface area contributed by atoms with Gasteiger partial charge in [-0.25, -0.2) is 8.42 Å². The number of nitrogens with zero attached hydrogens (tertiary/aromatic N) is 2. The summed E-state index contributed by atoms with van der Waals surface area (Å²) in [5.41, 5.74) is -1.12. The first-order chi connectivity index (χ1) is 7.81. The lowest BCUT2D eigenvalue weighted by molar-refractivity contribution is -0.385. The molecule has 90 valence electrons. The zero-order chi connectivity index (χ0) is 13.2. The van der Waals surface area contributed by atoms with Crippen LogP contribution in [0.1, 0.15) is 11.1 Å². The number of aliphatic hydroxyl groups excluding tert-OH is 1. The molecule has 1 rings (SSSR count). The summed E-state index contributed by atoms with van der Waals surface area (Å²) >= 11 is 0. The second-order valence-electron chi connectivity index (χ2n) is 2.94. The van der Waals surface area contributed by atoms with E-state index in [-0.39, 0.29) is 5.56 Å². The molecule has 0 aromatic heterocycles. The molecule has 0 radical (unpaired) electrons. The maximum Gasteiger partial charge on any atom is 0.271 e. The highest BCUT2D eigenvalue weighted by Crippen LogP contribution is 2.28. The van der Waals surface area contributed by atoms with Crippen molar-refractivity contribution in [1.29, 1.82) is 5.26 Å². The van der Waals surface area contributed by atoms with E-state index < -0.39 is 36.7 Å². The Bertz CT molecular complexity index is 620.